The Morgan fingerprint density at radius 2 is 2.06 bits per heavy atom. The zero-order valence-electron chi connectivity index (χ0n) is 10.6. The summed E-state index contributed by atoms with van der Waals surface area (Å²) in [5.41, 5.74) is 1.18. The van der Waals surface area contributed by atoms with Gasteiger partial charge in [0.25, 0.3) is 0 Å². The first-order valence-electron chi connectivity index (χ1n) is 6.35. The van der Waals surface area contributed by atoms with Crippen LogP contribution in [0, 0.1) is 5.82 Å². The maximum absolute atomic E-state index is 12.8. The normalized spacial score (nSPS) is 12.4. The topological polar surface area (TPSA) is 12.0 Å². The van der Waals surface area contributed by atoms with E-state index >= 15 is 0 Å². The van der Waals surface area contributed by atoms with E-state index in [0.29, 0.717) is 6.04 Å². The summed E-state index contributed by atoms with van der Waals surface area (Å²) < 4.78 is 12.8. The molecule has 0 saturated heterocycles. The number of hydrogen-bond donors (Lipinski definition) is 1. The average Bonchev–Trinajstić information content (AvgIpc) is 2.35. The summed E-state index contributed by atoms with van der Waals surface area (Å²) in [7, 11) is 0. The lowest BCUT2D eigenvalue weighted by atomic mass is 10.0. The number of hydrogen-bond acceptors (Lipinski definition) is 1. The van der Waals surface area contributed by atoms with E-state index in [1.54, 1.807) is 0 Å². The van der Waals surface area contributed by atoms with Crippen LogP contribution in [0.15, 0.2) is 36.9 Å². The zero-order valence-corrected chi connectivity index (χ0v) is 10.6. The van der Waals surface area contributed by atoms with Crippen molar-refractivity contribution < 1.29 is 4.39 Å². The van der Waals surface area contributed by atoms with Gasteiger partial charge in [0.1, 0.15) is 5.82 Å². The van der Waals surface area contributed by atoms with E-state index in [2.05, 4.69) is 18.8 Å². The fourth-order valence-corrected chi connectivity index (χ4v) is 1.85. The zero-order chi connectivity index (χ0) is 12.5. The molecule has 94 valence electrons. The Bertz CT molecular complexity index is 318. The monoisotopic (exact) mass is 235 g/mol. The van der Waals surface area contributed by atoms with E-state index < -0.39 is 0 Å². The van der Waals surface area contributed by atoms with Gasteiger partial charge in [-0.3, -0.25) is 0 Å². The van der Waals surface area contributed by atoms with Crippen molar-refractivity contribution in [1.82, 2.24) is 5.32 Å². The molecule has 1 N–H and O–H groups in total. The number of benzene rings is 1. The lowest BCUT2D eigenvalue weighted by Crippen LogP contribution is -2.31. The van der Waals surface area contributed by atoms with Crippen LogP contribution >= 0.6 is 0 Å². The van der Waals surface area contributed by atoms with Gasteiger partial charge in [-0.2, -0.15) is 0 Å². The van der Waals surface area contributed by atoms with Gasteiger partial charge in [-0.25, -0.2) is 4.39 Å². The van der Waals surface area contributed by atoms with Gasteiger partial charge in [0.2, 0.25) is 0 Å². The molecule has 0 aliphatic rings. The van der Waals surface area contributed by atoms with Crippen LogP contribution in [0.1, 0.15) is 31.7 Å². The third-order valence-electron chi connectivity index (χ3n) is 2.80. The van der Waals surface area contributed by atoms with E-state index in [1.807, 2.05) is 18.2 Å². The van der Waals surface area contributed by atoms with Crippen LogP contribution in [-0.2, 0) is 6.42 Å². The van der Waals surface area contributed by atoms with Gasteiger partial charge in [-0.05, 0) is 49.9 Å². The lowest BCUT2D eigenvalue weighted by molar-refractivity contribution is 0.480. The van der Waals surface area contributed by atoms with E-state index in [9.17, 15) is 4.39 Å². The summed E-state index contributed by atoms with van der Waals surface area (Å²) in [5, 5.41) is 3.53. The number of rotatable bonds is 8. The molecule has 0 aromatic heterocycles. The predicted octanol–water partition coefficient (Wildman–Crippen LogP) is 3.70. The number of allylic oxidation sites excluding steroid dienone is 1. The number of nitrogens with one attached hydrogen (secondary N) is 1. The molecule has 1 unspecified atom stereocenters. The standard InChI is InChI=1S/C15H22FN/c1-3-5-6-15(17-11-4-2)12-13-7-9-14(16)10-8-13/h3,7-10,15,17H,1,4-6,11-12H2,2H3. The minimum atomic E-state index is -0.169. The van der Waals surface area contributed by atoms with E-state index in [1.165, 1.54) is 17.7 Å². The fraction of sp³-hybridized carbons (Fsp3) is 0.467. The molecule has 1 aromatic carbocycles. The highest BCUT2D eigenvalue weighted by Crippen LogP contribution is 2.09. The molecule has 17 heavy (non-hydrogen) atoms. The van der Waals surface area contributed by atoms with Crippen LogP contribution in [0.25, 0.3) is 0 Å². The molecule has 1 nitrogen and oxygen atoms in total. The highest BCUT2D eigenvalue weighted by Gasteiger charge is 2.07. The molecule has 0 amide bonds. The van der Waals surface area contributed by atoms with Crippen molar-refractivity contribution in [2.45, 2.75) is 38.6 Å². The van der Waals surface area contributed by atoms with Crippen molar-refractivity contribution in [3.05, 3.63) is 48.3 Å². The van der Waals surface area contributed by atoms with Crippen molar-refractivity contribution in [3.8, 4) is 0 Å². The quantitative estimate of drug-likeness (QED) is 0.677. The highest BCUT2D eigenvalue weighted by molar-refractivity contribution is 5.17. The first-order valence-corrected chi connectivity index (χ1v) is 6.35. The van der Waals surface area contributed by atoms with Crippen LogP contribution < -0.4 is 5.32 Å². The van der Waals surface area contributed by atoms with Crippen molar-refractivity contribution >= 4 is 0 Å². The van der Waals surface area contributed by atoms with Crippen LogP contribution in [0.3, 0.4) is 0 Å². The second-order valence-corrected chi connectivity index (χ2v) is 4.35. The van der Waals surface area contributed by atoms with Gasteiger partial charge in [0.15, 0.2) is 0 Å². The summed E-state index contributed by atoms with van der Waals surface area (Å²) in [5.74, 6) is -0.169. The molecule has 0 fully saturated rings. The highest BCUT2D eigenvalue weighted by atomic mass is 19.1. The van der Waals surface area contributed by atoms with Crippen molar-refractivity contribution in [1.29, 1.82) is 0 Å². The van der Waals surface area contributed by atoms with Gasteiger partial charge in [-0.1, -0.05) is 25.1 Å². The smallest absolute Gasteiger partial charge is 0.123 e. The van der Waals surface area contributed by atoms with Crippen LogP contribution in [0.4, 0.5) is 4.39 Å². The Hall–Kier alpha value is -1.15. The molecule has 1 atom stereocenters. The molecule has 0 aliphatic heterocycles. The lowest BCUT2D eigenvalue weighted by Gasteiger charge is -2.17. The summed E-state index contributed by atoms with van der Waals surface area (Å²) in [4.78, 5) is 0. The van der Waals surface area contributed by atoms with Crippen molar-refractivity contribution in [3.63, 3.8) is 0 Å². The van der Waals surface area contributed by atoms with E-state index in [4.69, 9.17) is 0 Å². The molecule has 0 heterocycles. The Kier molecular flexibility index (Phi) is 6.56. The van der Waals surface area contributed by atoms with Gasteiger partial charge < -0.3 is 5.32 Å². The van der Waals surface area contributed by atoms with Gasteiger partial charge in [-0.15, -0.1) is 6.58 Å². The van der Waals surface area contributed by atoms with Gasteiger partial charge in [0.05, 0.1) is 0 Å². The Morgan fingerprint density at radius 3 is 2.65 bits per heavy atom. The van der Waals surface area contributed by atoms with E-state index in [0.717, 1.165) is 32.2 Å². The fourth-order valence-electron chi connectivity index (χ4n) is 1.85. The molecular weight excluding hydrogens is 213 g/mol. The molecule has 0 bridgehead atoms. The third-order valence-corrected chi connectivity index (χ3v) is 2.80. The van der Waals surface area contributed by atoms with Crippen molar-refractivity contribution in [2.75, 3.05) is 6.54 Å². The summed E-state index contributed by atoms with van der Waals surface area (Å²) in [6.07, 6.45) is 6.14. The molecule has 0 radical (unpaired) electrons. The Labute approximate surface area is 104 Å². The van der Waals surface area contributed by atoms with Gasteiger partial charge >= 0.3 is 0 Å². The summed E-state index contributed by atoms with van der Waals surface area (Å²) in [6.45, 7) is 6.95. The molecule has 0 spiro atoms. The van der Waals surface area contributed by atoms with E-state index in [-0.39, 0.29) is 5.82 Å². The first-order chi connectivity index (χ1) is 8.26. The maximum atomic E-state index is 12.8. The number of halogens is 1. The first kappa shape index (κ1) is 13.9. The summed E-state index contributed by atoms with van der Waals surface area (Å²) >= 11 is 0. The molecule has 2 heteroatoms. The Balaban J connectivity index is 2.51. The molecule has 1 rings (SSSR count). The minimum Gasteiger partial charge on any atom is -0.314 e. The molecular formula is C15H22FN. The summed E-state index contributed by atoms with van der Waals surface area (Å²) in [6, 6.07) is 7.24. The van der Waals surface area contributed by atoms with Crippen LogP contribution in [0.5, 0.6) is 0 Å². The second-order valence-electron chi connectivity index (χ2n) is 4.35. The van der Waals surface area contributed by atoms with Gasteiger partial charge in [0, 0.05) is 6.04 Å². The molecule has 0 saturated carbocycles. The SMILES string of the molecule is C=CCCC(Cc1ccc(F)cc1)NCCC. The molecule has 0 aliphatic carbocycles. The maximum Gasteiger partial charge on any atom is 0.123 e. The van der Waals surface area contributed by atoms with Crippen LogP contribution in [0.2, 0.25) is 0 Å². The van der Waals surface area contributed by atoms with Crippen LogP contribution in [-0.4, -0.2) is 12.6 Å². The average molecular weight is 235 g/mol. The Morgan fingerprint density at radius 1 is 1.35 bits per heavy atom. The molecule has 1 aromatic rings. The minimum absolute atomic E-state index is 0.169. The third kappa shape index (κ3) is 5.64. The van der Waals surface area contributed by atoms with Crippen molar-refractivity contribution in [2.24, 2.45) is 0 Å². The second kappa shape index (κ2) is 8.02. The predicted molar refractivity (Wildman–Crippen MR) is 71.6 cm³/mol. The largest absolute Gasteiger partial charge is 0.314 e.